The quantitative estimate of drug-likeness (QED) is 0.505. The molecule has 0 aromatic heterocycles. The number of rotatable bonds is 3. The van der Waals surface area contributed by atoms with Crippen molar-refractivity contribution in [1.82, 2.24) is 4.90 Å². The first-order valence-electron chi connectivity index (χ1n) is 11.6. The van der Waals surface area contributed by atoms with Gasteiger partial charge in [-0.2, -0.15) is 0 Å². The van der Waals surface area contributed by atoms with Gasteiger partial charge >= 0.3 is 5.97 Å². The molecule has 162 valence electrons. The summed E-state index contributed by atoms with van der Waals surface area (Å²) in [6, 6.07) is 8.10. The van der Waals surface area contributed by atoms with Gasteiger partial charge in [-0.1, -0.05) is 29.7 Å². The third-order valence-corrected chi connectivity index (χ3v) is 8.45. The molecule has 0 radical (unpaired) electrons. The van der Waals surface area contributed by atoms with E-state index in [1.807, 2.05) is 12.1 Å². The van der Waals surface area contributed by atoms with Crippen molar-refractivity contribution < 1.29 is 9.53 Å². The summed E-state index contributed by atoms with van der Waals surface area (Å²) in [6.07, 6.45) is 5.97. The Labute approximate surface area is 185 Å². The first-order chi connectivity index (χ1) is 14.4. The Bertz CT molecular complexity index is 843. The summed E-state index contributed by atoms with van der Waals surface area (Å²) in [7, 11) is 0. The van der Waals surface area contributed by atoms with Crippen LogP contribution in [0, 0.1) is 17.3 Å². The Morgan fingerprint density at radius 2 is 1.90 bits per heavy atom. The molecule has 30 heavy (non-hydrogen) atoms. The molecule has 2 aliphatic heterocycles. The number of nitrogens with zero attached hydrogens (tertiary/aromatic N) is 2. The number of esters is 1. The highest BCUT2D eigenvalue weighted by atomic mass is 35.5. The third kappa shape index (κ3) is 3.67. The van der Waals surface area contributed by atoms with E-state index >= 15 is 0 Å². The highest BCUT2D eigenvalue weighted by Gasteiger charge is 2.53. The van der Waals surface area contributed by atoms with Crippen LogP contribution in [-0.4, -0.2) is 49.7 Å². The zero-order valence-electron chi connectivity index (χ0n) is 18.2. The predicted octanol–water partition coefficient (Wildman–Crippen LogP) is 4.92. The molecule has 4 aliphatic rings. The zero-order valence-corrected chi connectivity index (χ0v) is 19.0. The lowest BCUT2D eigenvalue weighted by atomic mass is 9.59. The van der Waals surface area contributed by atoms with Crippen molar-refractivity contribution in [2.45, 2.75) is 52.1 Å². The van der Waals surface area contributed by atoms with E-state index < -0.39 is 0 Å². The molecule has 2 aliphatic carbocycles. The van der Waals surface area contributed by atoms with Gasteiger partial charge in [0.15, 0.2) is 0 Å². The number of carbonyl (C=O) groups excluding carboxylic acids is 1. The standard InChI is InChI=1S/C25H33ClN2O2/c1-17-4-3-9-25(2)15-23-20(14-22(17)25)21(24(29)30-23)16-27-10-12-28(13-11-27)19-7-5-18(26)6-8-19/h5-8,20-21,23H,3-4,9-16H2,1-2H3/t20-,21?,23-,25-/m1/s1. The van der Waals surface area contributed by atoms with Gasteiger partial charge < -0.3 is 9.64 Å². The van der Waals surface area contributed by atoms with Crippen LogP contribution in [0.3, 0.4) is 0 Å². The smallest absolute Gasteiger partial charge is 0.310 e. The van der Waals surface area contributed by atoms with Crippen LogP contribution in [0.15, 0.2) is 35.4 Å². The number of benzene rings is 1. The number of halogens is 1. The maximum Gasteiger partial charge on any atom is 0.310 e. The number of carbonyl (C=O) groups is 1. The van der Waals surface area contributed by atoms with Crippen molar-refractivity contribution in [2.75, 3.05) is 37.6 Å². The molecule has 4 atom stereocenters. The van der Waals surface area contributed by atoms with Gasteiger partial charge in [0, 0.05) is 49.4 Å². The van der Waals surface area contributed by atoms with E-state index in [0.717, 1.165) is 50.6 Å². The van der Waals surface area contributed by atoms with Gasteiger partial charge in [0.25, 0.3) is 0 Å². The van der Waals surface area contributed by atoms with Crippen LogP contribution in [0.25, 0.3) is 0 Å². The molecular formula is C25H33ClN2O2. The zero-order chi connectivity index (χ0) is 20.9. The second kappa shape index (κ2) is 7.87. The van der Waals surface area contributed by atoms with Crippen molar-refractivity contribution in [3.8, 4) is 0 Å². The monoisotopic (exact) mass is 428 g/mol. The van der Waals surface area contributed by atoms with Gasteiger partial charge in [0.1, 0.15) is 6.10 Å². The Morgan fingerprint density at radius 1 is 1.17 bits per heavy atom. The van der Waals surface area contributed by atoms with E-state index in [-0.39, 0.29) is 23.4 Å². The minimum Gasteiger partial charge on any atom is -0.462 e. The van der Waals surface area contributed by atoms with Gasteiger partial charge in [0.2, 0.25) is 0 Å². The molecule has 4 nitrogen and oxygen atoms in total. The fraction of sp³-hybridized carbons (Fsp3) is 0.640. The van der Waals surface area contributed by atoms with Crippen LogP contribution >= 0.6 is 11.6 Å². The Hall–Kier alpha value is -1.52. The summed E-state index contributed by atoms with van der Waals surface area (Å²) in [5, 5.41) is 0.776. The van der Waals surface area contributed by atoms with Crippen molar-refractivity contribution in [2.24, 2.45) is 17.3 Å². The van der Waals surface area contributed by atoms with Crippen LogP contribution in [0.2, 0.25) is 5.02 Å². The van der Waals surface area contributed by atoms with Gasteiger partial charge in [-0.15, -0.1) is 0 Å². The maximum atomic E-state index is 12.8. The fourth-order valence-electron chi connectivity index (χ4n) is 6.44. The summed E-state index contributed by atoms with van der Waals surface area (Å²) in [4.78, 5) is 17.7. The molecule has 2 heterocycles. The molecule has 3 fully saturated rings. The van der Waals surface area contributed by atoms with Crippen LogP contribution in [-0.2, 0) is 9.53 Å². The molecule has 2 saturated heterocycles. The Balaban J connectivity index is 1.24. The summed E-state index contributed by atoms with van der Waals surface area (Å²) in [6.45, 7) is 9.51. The molecule has 1 unspecified atom stereocenters. The van der Waals surface area contributed by atoms with Crippen LogP contribution in [0.4, 0.5) is 5.69 Å². The predicted molar refractivity (Wildman–Crippen MR) is 121 cm³/mol. The highest BCUT2D eigenvalue weighted by Crippen LogP contribution is 2.55. The molecule has 0 N–H and O–H groups in total. The minimum absolute atomic E-state index is 0.0314. The van der Waals surface area contributed by atoms with Crippen LogP contribution in [0.5, 0.6) is 0 Å². The molecule has 0 amide bonds. The van der Waals surface area contributed by atoms with E-state index in [9.17, 15) is 4.79 Å². The average Bonchev–Trinajstić information content (AvgIpc) is 3.01. The van der Waals surface area contributed by atoms with E-state index in [2.05, 4.69) is 35.8 Å². The number of hydrogen-bond donors (Lipinski definition) is 0. The first kappa shape index (κ1) is 20.4. The number of piperazine rings is 1. The van der Waals surface area contributed by atoms with Gasteiger partial charge in [-0.3, -0.25) is 9.69 Å². The highest BCUT2D eigenvalue weighted by molar-refractivity contribution is 6.30. The molecule has 0 spiro atoms. The van der Waals surface area contributed by atoms with Crippen molar-refractivity contribution in [1.29, 1.82) is 0 Å². The van der Waals surface area contributed by atoms with E-state index in [0.29, 0.717) is 5.92 Å². The number of hydrogen-bond acceptors (Lipinski definition) is 4. The lowest BCUT2D eigenvalue weighted by molar-refractivity contribution is -0.145. The normalized spacial score (nSPS) is 34.6. The molecule has 0 bridgehead atoms. The summed E-state index contributed by atoms with van der Waals surface area (Å²) >= 11 is 6.02. The van der Waals surface area contributed by atoms with E-state index in [4.69, 9.17) is 16.3 Å². The average molecular weight is 429 g/mol. The fourth-order valence-corrected chi connectivity index (χ4v) is 6.57. The minimum atomic E-state index is 0.0314. The number of fused-ring (bicyclic) bond motifs is 2. The summed E-state index contributed by atoms with van der Waals surface area (Å²) in [5.41, 5.74) is 4.71. The largest absolute Gasteiger partial charge is 0.462 e. The molecule has 1 saturated carbocycles. The topological polar surface area (TPSA) is 32.8 Å². The lowest BCUT2D eigenvalue weighted by Crippen LogP contribution is -2.49. The molecule has 5 heteroatoms. The van der Waals surface area contributed by atoms with E-state index in [1.54, 1.807) is 11.1 Å². The second-order valence-corrected chi connectivity index (χ2v) is 10.5. The lowest BCUT2D eigenvalue weighted by Gasteiger charge is -2.46. The SMILES string of the molecule is CC1=C2C[C@@H]3C(CN4CCN(c5ccc(Cl)cc5)CC4)C(=O)O[C@@H]3C[C@@]2(C)CCC1. The van der Waals surface area contributed by atoms with Gasteiger partial charge in [-0.25, -0.2) is 0 Å². The number of allylic oxidation sites excluding steroid dienone is 2. The molecular weight excluding hydrogens is 396 g/mol. The van der Waals surface area contributed by atoms with Crippen LogP contribution < -0.4 is 4.90 Å². The summed E-state index contributed by atoms with van der Waals surface area (Å²) in [5.74, 6) is 0.442. The van der Waals surface area contributed by atoms with Crippen molar-refractivity contribution in [3.05, 3.63) is 40.4 Å². The Morgan fingerprint density at radius 3 is 2.63 bits per heavy atom. The number of ether oxygens (including phenoxy) is 1. The maximum absolute atomic E-state index is 12.8. The second-order valence-electron chi connectivity index (χ2n) is 10.1. The van der Waals surface area contributed by atoms with Crippen molar-refractivity contribution >= 4 is 23.3 Å². The van der Waals surface area contributed by atoms with E-state index in [1.165, 1.54) is 24.9 Å². The molecule has 1 aromatic carbocycles. The molecule has 1 aromatic rings. The Kier molecular flexibility index (Phi) is 5.35. The summed E-state index contributed by atoms with van der Waals surface area (Å²) < 4.78 is 5.96. The molecule has 5 rings (SSSR count). The van der Waals surface area contributed by atoms with Crippen LogP contribution in [0.1, 0.15) is 46.0 Å². The first-order valence-corrected chi connectivity index (χ1v) is 11.9. The number of anilines is 1. The van der Waals surface area contributed by atoms with Gasteiger partial charge in [-0.05, 0) is 68.7 Å². The van der Waals surface area contributed by atoms with Gasteiger partial charge in [0.05, 0.1) is 5.92 Å². The van der Waals surface area contributed by atoms with Crippen molar-refractivity contribution in [3.63, 3.8) is 0 Å². The third-order valence-electron chi connectivity index (χ3n) is 8.20.